The Bertz CT molecular complexity index is 1000. The zero-order valence-electron chi connectivity index (χ0n) is 15.2. The van der Waals surface area contributed by atoms with Gasteiger partial charge in [-0.2, -0.15) is 0 Å². The molecule has 3 fully saturated rings. The molecule has 1 N–H and O–H groups in total. The van der Waals surface area contributed by atoms with Crippen molar-refractivity contribution in [2.75, 3.05) is 24.5 Å². The van der Waals surface area contributed by atoms with E-state index in [0.717, 1.165) is 42.0 Å². The van der Waals surface area contributed by atoms with Gasteiger partial charge in [0.15, 0.2) is 0 Å². The van der Waals surface area contributed by atoms with Gasteiger partial charge in [0, 0.05) is 55.7 Å². The van der Waals surface area contributed by atoms with Crippen molar-refractivity contribution in [1.29, 1.82) is 0 Å². The number of aromatic amines is 1. The van der Waals surface area contributed by atoms with Gasteiger partial charge in [0.1, 0.15) is 0 Å². The Labute approximate surface area is 157 Å². The molecule has 0 aliphatic carbocycles. The average Bonchev–Trinajstić information content (AvgIpc) is 3.01. The second-order valence-electron chi connectivity index (χ2n) is 7.69. The second kappa shape index (κ2) is 6.78. The topological polar surface area (TPSA) is 65.1 Å². The molecule has 3 saturated heterocycles. The van der Waals surface area contributed by atoms with Gasteiger partial charge in [-0.25, -0.2) is 9.97 Å². The molecule has 2 bridgehead atoms. The monoisotopic (exact) mass is 361 g/mol. The maximum Gasteiger partial charge on any atom is 0.252 e. The highest BCUT2D eigenvalue weighted by atomic mass is 16.1. The number of benzene rings is 1. The van der Waals surface area contributed by atoms with Crippen LogP contribution in [0.2, 0.25) is 0 Å². The van der Waals surface area contributed by atoms with E-state index in [1.807, 2.05) is 42.7 Å². The number of anilines is 1. The third-order valence-corrected chi connectivity index (χ3v) is 5.87. The van der Waals surface area contributed by atoms with Gasteiger partial charge in [-0.1, -0.05) is 18.2 Å². The van der Waals surface area contributed by atoms with E-state index in [9.17, 15) is 4.79 Å². The maximum atomic E-state index is 12.6. The lowest BCUT2D eigenvalue weighted by molar-refractivity contribution is 0.126. The Balaban J connectivity index is 1.40. The molecule has 1 aromatic carbocycles. The van der Waals surface area contributed by atoms with E-state index in [4.69, 9.17) is 0 Å². The van der Waals surface area contributed by atoms with Gasteiger partial charge in [-0.15, -0.1) is 0 Å². The number of hydrogen-bond donors (Lipinski definition) is 1. The summed E-state index contributed by atoms with van der Waals surface area (Å²) >= 11 is 0. The van der Waals surface area contributed by atoms with Crippen LogP contribution in [0.1, 0.15) is 18.4 Å². The van der Waals surface area contributed by atoms with Gasteiger partial charge in [-0.05, 0) is 42.3 Å². The number of rotatable bonds is 3. The van der Waals surface area contributed by atoms with Crippen LogP contribution in [0.25, 0.3) is 10.9 Å². The molecule has 6 heteroatoms. The summed E-state index contributed by atoms with van der Waals surface area (Å²) in [5.74, 6) is 1.41. The molecule has 27 heavy (non-hydrogen) atoms. The van der Waals surface area contributed by atoms with Crippen molar-refractivity contribution in [2.24, 2.45) is 5.92 Å². The Morgan fingerprint density at radius 3 is 2.78 bits per heavy atom. The van der Waals surface area contributed by atoms with Gasteiger partial charge >= 0.3 is 0 Å². The molecule has 5 heterocycles. The first-order chi connectivity index (χ1) is 13.3. The van der Waals surface area contributed by atoms with Crippen LogP contribution in [0.4, 0.5) is 5.95 Å². The summed E-state index contributed by atoms with van der Waals surface area (Å²) in [6.45, 7) is 3.64. The van der Waals surface area contributed by atoms with Crippen LogP contribution in [-0.2, 0) is 6.54 Å². The summed E-state index contributed by atoms with van der Waals surface area (Å²) in [5.41, 5.74) is 1.77. The quantitative estimate of drug-likeness (QED) is 0.776. The third kappa shape index (κ3) is 3.21. The number of pyridine rings is 1. The molecule has 2 aromatic heterocycles. The molecule has 0 amide bonds. The predicted molar refractivity (Wildman–Crippen MR) is 106 cm³/mol. The molecular weight excluding hydrogens is 338 g/mol. The molecule has 0 spiro atoms. The van der Waals surface area contributed by atoms with Crippen molar-refractivity contribution < 1.29 is 0 Å². The zero-order valence-corrected chi connectivity index (χ0v) is 15.2. The first kappa shape index (κ1) is 16.4. The van der Waals surface area contributed by atoms with Gasteiger partial charge in [-0.3, -0.25) is 9.69 Å². The lowest BCUT2D eigenvalue weighted by atomic mass is 9.94. The van der Waals surface area contributed by atoms with Crippen molar-refractivity contribution in [3.63, 3.8) is 0 Å². The molecule has 3 aliphatic heterocycles. The van der Waals surface area contributed by atoms with E-state index < -0.39 is 0 Å². The largest absolute Gasteiger partial charge is 0.339 e. The highest BCUT2D eigenvalue weighted by Crippen LogP contribution is 2.30. The first-order valence-corrected chi connectivity index (χ1v) is 9.63. The SMILES string of the molecule is O=c1[nH]c2ccccc2cc1CN1C[C@H]2CC[C@@H]1CN(c1ncccn1)C2. The fourth-order valence-corrected chi connectivity index (χ4v) is 4.52. The fourth-order valence-electron chi connectivity index (χ4n) is 4.52. The van der Waals surface area contributed by atoms with Gasteiger partial charge in [0.2, 0.25) is 5.95 Å². The smallest absolute Gasteiger partial charge is 0.252 e. The first-order valence-electron chi connectivity index (χ1n) is 9.63. The number of hydrogen-bond acceptors (Lipinski definition) is 5. The van der Waals surface area contributed by atoms with Crippen LogP contribution in [0.5, 0.6) is 0 Å². The van der Waals surface area contributed by atoms with E-state index in [-0.39, 0.29) is 5.56 Å². The standard InChI is InChI=1S/C21H23N5O/c27-20-17(10-16-4-1-2-5-19(16)24-20)13-25-11-15-6-7-18(25)14-26(12-15)21-22-8-3-9-23-21/h1-5,8-10,15,18H,6-7,11-14H2,(H,24,27)/t15-,18-/m1/s1. The second-order valence-corrected chi connectivity index (χ2v) is 7.69. The summed E-state index contributed by atoms with van der Waals surface area (Å²) in [6, 6.07) is 12.3. The van der Waals surface area contributed by atoms with Crippen LogP contribution in [0.3, 0.4) is 0 Å². The van der Waals surface area contributed by atoms with E-state index in [1.165, 1.54) is 12.8 Å². The van der Waals surface area contributed by atoms with Crippen LogP contribution < -0.4 is 10.5 Å². The molecule has 0 unspecified atom stereocenters. The van der Waals surface area contributed by atoms with Crippen LogP contribution in [-0.4, -0.2) is 45.5 Å². The molecule has 6 nitrogen and oxygen atoms in total. The number of fused-ring (bicyclic) bond motifs is 5. The molecule has 3 aromatic rings. The number of nitrogens with one attached hydrogen (secondary N) is 1. The molecule has 2 atom stereocenters. The minimum absolute atomic E-state index is 0.0251. The molecule has 3 aliphatic rings. The summed E-state index contributed by atoms with van der Waals surface area (Å²) in [4.78, 5) is 29.3. The molecule has 6 rings (SSSR count). The summed E-state index contributed by atoms with van der Waals surface area (Å²) < 4.78 is 0. The van der Waals surface area contributed by atoms with Crippen molar-refractivity contribution in [3.8, 4) is 0 Å². The number of para-hydroxylation sites is 1. The van der Waals surface area contributed by atoms with Crippen molar-refractivity contribution in [3.05, 3.63) is 64.7 Å². The molecule has 138 valence electrons. The maximum absolute atomic E-state index is 12.6. The van der Waals surface area contributed by atoms with E-state index in [2.05, 4.69) is 30.8 Å². The number of nitrogens with zero attached hydrogens (tertiary/aromatic N) is 4. The molecular formula is C21H23N5O. The van der Waals surface area contributed by atoms with Gasteiger partial charge < -0.3 is 9.88 Å². The lowest BCUT2D eigenvalue weighted by Crippen LogP contribution is -2.44. The van der Waals surface area contributed by atoms with Crippen molar-refractivity contribution >= 4 is 16.9 Å². The predicted octanol–water partition coefficient (Wildman–Crippen LogP) is 2.42. The zero-order chi connectivity index (χ0) is 18.2. The summed E-state index contributed by atoms with van der Waals surface area (Å²) in [6.07, 6.45) is 6.01. The fraction of sp³-hybridized carbons (Fsp3) is 0.381. The Morgan fingerprint density at radius 1 is 1.04 bits per heavy atom. The van der Waals surface area contributed by atoms with E-state index >= 15 is 0 Å². The van der Waals surface area contributed by atoms with Gasteiger partial charge in [0.25, 0.3) is 5.56 Å². The third-order valence-electron chi connectivity index (χ3n) is 5.87. The minimum Gasteiger partial charge on any atom is -0.339 e. The number of aromatic nitrogens is 3. The average molecular weight is 361 g/mol. The highest BCUT2D eigenvalue weighted by molar-refractivity contribution is 5.78. The molecule has 0 radical (unpaired) electrons. The Kier molecular flexibility index (Phi) is 4.13. The van der Waals surface area contributed by atoms with E-state index in [1.54, 1.807) is 0 Å². The van der Waals surface area contributed by atoms with Crippen molar-refractivity contribution in [1.82, 2.24) is 19.9 Å². The van der Waals surface area contributed by atoms with Crippen LogP contribution in [0, 0.1) is 5.92 Å². The van der Waals surface area contributed by atoms with E-state index in [0.29, 0.717) is 18.5 Å². The number of piperidine rings is 1. The van der Waals surface area contributed by atoms with Crippen LogP contribution in [0.15, 0.2) is 53.6 Å². The number of H-pyrrole nitrogens is 1. The van der Waals surface area contributed by atoms with Gasteiger partial charge in [0.05, 0.1) is 0 Å². The normalized spacial score (nSPS) is 22.9. The van der Waals surface area contributed by atoms with Crippen LogP contribution >= 0.6 is 0 Å². The summed E-state index contributed by atoms with van der Waals surface area (Å²) in [5, 5.41) is 1.09. The minimum atomic E-state index is 0.0251. The Morgan fingerprint density at radius 2 is 1.89 bits per heavy atom. The highest BCUT2D eigenvalue weighted by Gasteiger charge is 2.35. The van der Waals surface area contributed by atoms with Crippen molar-refractivity contribution in [2.45, 2.75) is 25.4 Å². The Hall–Kier alpha value is -2.73. The lowest BCUT2D eigenvalue weighted by Gasteiger charge is -2.35. The summed E-state index contributed by atoms with van der Waals surface area (Å²) in [7, 11) is 0. The molecule has 0 saturated carbocycles.